The van der Waals surface area contributed by atoms with Crippen LogP contribution in [0.4, 0.5) is 13.2 Å². The molecule has 0 aromatic heterocycles. The number of hydrogen-bond acceptors (Lipinski definition) is 1. The second-order valence-electron chi connectivity index (χ2n) is 3.06. The highest BCUT2D eigenvalue weighted by molar-refractivity contribution is 5.09. The lowest BCUT2D eigenvalue weighted by atomic mass is 10.0. The van der Waals surface area contributed by atoms with Crippen LogP contribution >= 0.6 is 0 Å². The standard InChI is InChI=1S/C8H14F3N/c1-6(2)5-7(3-4-12)8(9,10)11/h3,6H,4-5,12H2,1-2H3/b7-3+. The Morgan fingerprint density at radius 3 is 2.17 bits per heavy atom. The van der Waals surface area contributed by atoms with Crippen LogP contribution in [-0.4, -0.2) is 12.7 Å². The molecule has 0 rings (SSSR count). The Morgan fingerprint density at radius 2 is 1.92 bits per heavy atom. The van der Waals surface area contributed by atoms with Crippen molar-refractivity contribution in [3.8, 4) is 0 Å². The van der Waals surface area contributed by atoms with Gasteiger partial charge in [0.2, 0.25) is 0 Å². The number of rotatable bonds is 3. The van der Waals surface area contributed by atoms with E-state index in [0.717, 1.165) is 6.08 Å². The van der Waals surface area contributed by atoms with Crippen molar-refractivity contribution >= 4 is 0 Å². The van der Waals surface area contributed by atoms with Crippen LogP contribution in [0.5, 0.6) is 0 Å². The van der Waals surface area contributed by atoms with Gasteiger partial charge in [0.1, 0.15) is 0 Å². The predicted molar refractivity (Wildman–Crippen MR) is 42.6 cm³/mol. The topological polar surface area (TPSA) is 26.0 Å². The third-order valence-electron chi connectivity index (χ3n) is 1.36. The van der Waals surface area contributed by atoms with Gasteiger partial charge in [-0.25, -0.2) is 0 Å². The molecule has 0 aromatic carbocycles. The Bertz CT molecular complexity index is 158. The summed E-state index contributed by atoms with van der Waals surface area (Å²) in [5.74, 6) is 0.00410. The zero-order valence-corrected chi connectivity index (χ0v) is 7.28. The summed E-state index contributed by atoms with van der Waals surface area (Å²) in [5.41, 5.74) is 4.51. The van der Waals surface area contributed by atoms with E-state index < -0.39 is 11.7 Å². The van der Waals surface area contributed by atoms with Crippen molar-refractivity contribution in [3.05, 3.63) is 11.6 Å². The van der Waals surface area contributed by atoms with Gasteiger partial charge in [0.15, 0.2) is 0 Å². The fourth-order valence-electron chi connectivity index (χ4n) is 0.897. The summed E-state index contributed by atoms with van der Waals surface area (Å²) in [4.78, 5) is 0. The van der Waals surface area contributed by atoms with Crippen molar-refractivity contribution in [1.29, 1.82) is 0 Å². The largest absolute Gasteiger partial charge is 0.412 e. The summed E-state index contributed by atoms with van der Waals surface area (Å²) in [5, 5.41) is 0. The molecule has 0 heterocycles. The molecule has 0 amide bonds. The molecule has 4 heteroatoms. The van der Waals surface area contributed by atoms with Crippen LogP contribution in [0.25, 0.3) is 0 Å². The molecule has 2 N–H and O–H groups in total. The van der Waals surface area contributed by atoms with Gasteiger partial charge in [-0.15, -0.1) is 0 Å². The molecular formula is C8H14F3N. The molecule has 0 aliphatic rings. The van der Waals surface area contributed by atoms with Gasteiger partial charge in [0.05, 0.1) is 0 Å². The molecule has 0 radical (unpaired) electrons. The van der Waals surface area contributed by atoms with Crippen molar-refractivity contribution in [3.63, 3.8) is 0 Å². The molecular weight excluding hydrogens is 167 g/mol. The Kier molecular flexibility index (Phi) is 4.31. The summed E-state index contributed by atoms with van der Waals surface area (Å²) in [6.07, 6.45) is -3.13. The van der Waals surface area contributed by atoms with Gasteiger partial charge in [0, 0.05) is 12.1 Å². The van der Waals surface area contributed by atoms with Crippen LogP contribution in [-0.2, 0) is 0 Å². The fraction of sp³-hybridized carbons (Fsp3) is 0.750. The highest BCUT2D eigenvalue weighted by atomic mass is 19.4. The molecule has 0 aromatic rings. The zero-order chi connectivity index (χ0) is 9.78. The normalized spacial score (nSPS) is 14.1. The molecule has 0 saturated heterocycles. The van der Waals surface area contributed by atoms with Gasteiger partial charge in [-0.1, -0.05) is 19.9 Å². The SMILES string of the molecule is CC(C)C/C(=C\CN)C(F)(F)F. The third kappa shape index (κ3) is 4.38. The molecule has 0 unspecified atom stereocenters. The van der Waals surface area contributed by atoms with Crippen molar-refractivity contribution < 1.29 is 13.2 Å². The second-order valence-corrected chi connectivity index (χ2v) is 3.06. The lowest BCUT2D eigenvalue weighted by Gasteiger charge is -2.13. The average Bonchev–Trinajstić information content (AvgIpc) is 1.83. The zero-order valence-electron chi connectivity index (χ0n) is 7.28. The highest BCUT2D eigenvalue weighted by Crippen LogP contribution is 2.29. The van der Waals surface area contributed by atoms with Gasteiger partial charge in [-0.3, -0.25) is 0 Å². The van der Waals surface area contributed by atoms with E-state index >= 15 is 0 Å². The molecule has 0 aliphatic carbocycles. The van der Waals surface area contributed by atoms with Gasteiger partial charge in [0.25, 0.3) is 0 Å². The van der Waals surface area contributed by atoms with Crippen LogP contribution in [0, 0.1) is 5.92 Å². The first kappa shape index (κ1) is 11.5. The Morgan fingerprint density at radius 1 is 1.42 bits per heavy atom. The smallest absolute Gasteiger partial charge is 0.327 e. The molecule has 0 fully saturated rings. The van der Waals surface area contributed by atoms with Crippen molar-refractivity contribution in [1.82, 2.24) is 0 Å². The predicted octanol–water partition coefficient (Wildman–Crippen LogP) is 2.48. The van der Waals surface area contributed by atoms with Crippen LogP contribution in [0.3, 0.4) is 0 Å². The molecule has 12 heavy (non-hydrogen) atoms. The maximum Gasteiger partial charge on any atom is 0.412 e. The molecule has 0 spiro atoms. The lowest BCUT2D eigenvalue weighted by Crippen LogP contribution is -2.15. The van der Waals surface area contributed by atoms with Crippen molar-refractivity contribution in [2.75, 3.05) is 6.54 Å². The summed E-state index contributed by atoms with van der Waals surface area (Å²) < 4.78 is 36.4. The van der Waals surface area contributed by atoms with E-state index in [0.29, 0.717) is 0 Å². The second kappa shape index (κ2) is 4.50. The monoisotopic (exact) mass is 181 g/mol. The van der Waals surface area contributed by atoms with Crippen LogP contribution < -0.4 is 5.73 Å². The Balaban J connectivity index is 4.35. The van der Waals surface area contributed by atoms with Crippen LogP contribution in [0.15, 0.2) is 11.6 Å². The first-order chi connectivity index (χ1) is 5.38. The van der Waals surface area contributed by atoms with Crippen LogP contribution in [0.1, 0.15) is 20.3 Å². The van der Waals surface area contributed by atoms with Gasteiger partial charge in [-0.05, 0) is 12.3 Å². The molecule has 72 valence electrons. The van der Waals surface area contributed by atoms with Crippen molar-refractivity contribution in [2.45, 2.75) is 26.4 Å². The van der Waals surface area contributed by atoms with Crippen molar-refractivity contribution in [2.24, 2.45) is 11.7 Å². The summed E-state index contributed by atoms with van der Waals surface area (Å²) >= 11 is 0. The Labute approximate surface area is 70.4 Å². The quantitative estimate of drug-likeness (QED) is 0.665. The minimum Gasteiger partial charge on any atom is -0.327 e. The maximum atomic E-state index is 12.1. The first-order valence-corrected chi connectivity index (χ1v) is 3.84. The van der Waals surface area contributed by atoms with E-state index in [1.54, 1.807) is 13.8 Å². The average molecular weight is 181 g/mol. The van der Waals surface area contributed by atoms with Crippen LogP contribution in [0.2, 0.25) is 0 Å². The fourth-order valence-corrected chi connectivity index (χ4v) is 0.897. The molecule has 0 aliphatic heterocycles. The third-order valence-corrected chi connectivity index (χ3v) is 1.36. The van der Waals surface area contributed by atoms with E-state index in [4.69, 9.17) is 5.73 Å². The van der Waals surface area contributed by atoms with E-state index in [1.807, 2.05) is 0 Å². The van der Waals surface area contributed by atoms with Gasteiger partial charge in [-0.2, -0.15) is 13.2 Å². The molecule has 0 saturated carbocycles. The molecule has 1 nitrogen and oxygen atoms in total. The van der Waals surface area contributed by atoms with E-state index in [2.05, 4.69) is 0 Å². The van der Waals surface area contributed by atoms with E-state index in [-0.39, 0.29) is 18.9 Å². The number of allylic oxidation sites excluding steroid dienone is 1. The van der Waals surface area contributed by atoms with Gasteiger partial charge >= 0.3 is 6.18 Å². The first-order valence-electron chi connectivity index (χ1n) is 3.84. The van der Waals surface area contributed by atoms with E-state index in [1.165, 1.54) is 0 Å². The minimum absolute atomic E-state index is 0.00410. The number of alkyl halides is 3. The molecule has 0 bridgehead atoms. The maximum absolute atomic E-state index is 12.1. The number of hydrogen-bond donors (Lipinski definition) is 1. The number of nitrogens with two attached hydrogens (primary N) is 1. The minimum atomic E-state index is -4.22. The Hall–Kier alpha value is -0.510. The highest BCUT2D eigenvalue weighted by Gasteiger charge is 2.32. The summed E-state index contributed by atoms with van der Waals surface area (Å²) in [7, 11) is 0. The van der Waals surface area contributed by atoms with Gasteiger partial charge < -0.3 is 5.73 Å². The summed E-state index contributed by atoms with van der Waals surface area (Å²) in [6.45, 7) is 3.44. The number of halogens is 3. The molecule has 0 atom stereocenters. The van der Waals surface area contributed by atoms with E-state index in [9.17, 15) is 13.2 Å². The summed E-state index contributed by atoms with van der Waals surface area (Å²) in [6, 6.07) is 0. The lowest BCUT2D eigenvalue weighted by molar-refractivity contribution is -0.0951.